The van der Waals surface area contributed by atoms with Crippen molar-refractivity contribution in [2.24, 2.45) is 0 Å². The second kappa shape index (κ2) is 8.26. The Balaban J connectivity index is 0.000000336. The summed E-state index contributed by atoms with van der Waals surface area (Å²) in [6, 6.07) is 6.63. The maximum atomic E-state index is 12.5. The van der Waals surface area contributed by atoms with E-state index in [0.29, 0.717) is 0 Å². The normalized spacial score (nSPS) is 9.00. The Bertz CT molecular complexity index is 307. The van der Waals surface area contributed by atoms with Crippen LogP contribution >= 0.6 is 12.6 Å². The van der Waals surface area contributed by atoms with Crippen molar-refractivity contribution in [3.05, 3.63) is 35.6 Å². The van der Waals surface area contributed by atoms with E-state index < -0.39 is 5.97 Å². The molecule has 3 N–H and O–H groups in total. The average molecular weight is 231 g/mol. The Morgan fingerprint density at radius 3 is 2.53 bits per heavy atom. The van der Waals surface area contributed by atoms with Crippen molar-refractivity contribution in [1.29, 1.82) is 0 Å². The zero-order chi connectivity index (χ0) is 11.7. The van der Waals surface area contributed by atoms with Crippen LogP contribution in [0, 0.1) is 5.82 Å². The fourth-order valence-corrected chi connectivity index (χ4v) is 0.897. The van der Waals surface area contributed by atoms with Gasteiger partial charge in [-0.3, -0.25) is 0 Å². The molecule has 0 radical (unpaired) electrons. The number of aliphatic carboxylic acids is 1. The van der Waals surface area contributed by atoms with Gasteiger partial charge in [0.1, 0.15) is 5.82 Å². The van der Waals surface area contributed by atoms with Crippen LogP contribution in [0.25, 0.3) is 0 Å². The molecule has 0 fully saturated rings. The molecule has 0 heterocycles. The molecule has 0 unspecified atom stereocenters. The first-order chi connectivity index (χ1) is 7.10. The van der Waals surface area contributed by atoms with Gasteiger partial charge in [-0.1, -0.05) is 12.1 Å². The van der Waals surface area contributed by atoms with E-state index in [9.17, 15) is 14.3 Å². The lowest BCUT2D eigenvalue weighted by Crippen LogP contribution is -2.51. The fourth-order valence-electron chi connectivity index (χ4n) is 0.897. The summed E-state index contributed by atoms with van der Waals surface area (Å²) in [5.41, 5.74) is 4.71. The Morgan fingerprint density at radius 1 is 1.53 bits per heavy atom. The van der Waals surface area contributed by atoms with Gasteiger partial charge >= 0.3 is 0 Å². The smallest absolute Gasteiger partial charge is 0.123 e. The molecule has 0 amide bonds. The second-order valence-corrected chi connectivity index (χ2v) is 3.08. The number of carboxylic acids is 1. The van der Waals surface area contributed by atoms with Gasteiger partial charge < -0.3 is 15.6 Å². The molecule has 0 aliphatic heterocycles. The maximum absolute atomic E-state index is 12.5. The molecule has 0 aliphatic rings. The van der Waals surface area contributed by atoms with Gasteiger partial charge in [0.2, 0.25) is 0 Å². The Labute approximate surface area is 93.5 Å². The van der Waals surface area contributed by atoms with Crippen molar-refractivity contribution < 1.29 is 20.0 Å². The van der Waals surface area contributed by atoms with Gasteiger partial charge in [-0.15, -0.1) is 0 Å². The van der Waals surface area contributed by atoms with E-state index in [1.807, 2.05) is 6.07 Å². The fraction of sp³-hybridized carbons (Fsp3) is 0.300. The van der Waals surface area contributed by atoms with Crippen molar-refractivity contribution in [2.75, 3.05) is 12.3 Å². The first kappa shape index (κ1) is 13.9. The van der Waals surface area contributed by atoms with E-state index >= 15 is 0 Å². The minimum Gasteiger partial charge on any atom is -0.549 e. The number of carbonyl (C=O) groups excluding carboxylic acids is 1. The molecular weight excluding hydrogens is 217 g/mol. The van der Waals surface area contributed by atoms with Gasteiger partial charge in [-0.25, -0.2) is 4.39 Å². The summed E-state index contributed by atoms with van der Waals surface area (Å²) in [4.78, 5) is 9.18. The largest absolute Gasteiger partial charge is 0.549 e. The number of rotatable bonds is 3. The highest BCUT2D eigenvalue weighted by atomic mass is 32.1. The number of carbonyl (C=O) groups is 1. The summed E-state index contributed by atoms with van der Waals surface area (Å²) in [5.74, 6) is -1.49. The number of hydrogen-bond donors (Lipinski definition) is 2. The van der Waals surface area contributed by atoms with Crippen LogP contribution < -0.4 is 10.8 Å². The van der Waals surface area contributed by atoms with Crippen LogP contribution in [0.4, 0.5) is 4.39 Å². The summed E-state index contributed by atoms with van der Waals surface area (Å²) in [5, 5.41) is 9.18. The molecule has 1 aromatic rings. The monoisotopic (exact) mass is 231 g/mol. The van der Waals surface area contributed by atoms with E-state index in [-0.39, 0.29) is 11.6 Å². The van der Waals surface area contributed by atoms with Crippen LogP contribution in [-0.2, 0) is 11.2 Å². The van der Waals surface area contributed by atoms with Gasteiger partial charge in [0.15, 0.2) is 0 Å². The quantitative estimate of drug-likeness (QED) is 0.674. The third-order valence-electron chi connectivity index (χ3n) is 1.48. The molecule has 1 rings (SSSR count). The van der Waals surface area contributed by atoms with Gasteiger partial charge in [0.05, 0.1) is 12.5 Å². The molecule has 0 atom stereocenters. The van der Waals surface area contributed by atoms with Crippen LogP contribution in [-0.4, -0.2) is 18.3 Å². The maximum Gasteiger partial charge on any atom is 0.123 e. The highest BCUT2D eigenvalue weighted by molar-refractivity contribution is 7.81. The Hall–Kier alpha value is -1.07. The van der Waals surface area contributed by atoms with E-state index in [4.69, 9.17) is 0 Å². The van der Waals surface area contributed by atoms with E-state index in [0.717, 1.165) is 18.5 Å². The van der Waals surface area contributed by atoms with Crippen molar-refractivity contribution in [3.63, 3.8) is 0 Å². The topological polar surface area (TPSA) is 67.8 Å². The van der Waals surface area contributed by atoms with Crippen molar-refractivity contribution in [3.8, 4) is 0 Å². The predicted octanol–water partition coefficient (Wildman–Crippen LogP) is -0.724. The van der Waals surface area contributed by atoms with Crippen molar-refractivity contribution >= 4 is 18.6 Å². The van der Waals surface area contributed by atoms with E-state index in [2.05, 4.69) is 18.4 Å². The molecule has 0 spiro atoms. The van der Waals surface area contributed by atoms with Gasteiger partial charge in [0.25, 0.3) is 0 Å². The molecule has 1 aromatic carbocycles. The number of carboxylic acid groups (broad SMARTS) is 1. The Kier molecular flexibility index (Phi) is 7.67. The van der Waals surface area contributed by atoms with Crippen LogP contribution in [0.2, 0.25) is 0 Å². The zero-order valence-electron chi connectivity index (χ0n) is 8.28. The minimum absolute atomic E-state index is 0.161. The van der Waals surface area contributed by atoms with Gasteiger partial charge in [-0.05, 0) is 17.7 Å². The molecule has 0 aromatic heterocycles. The Morgan fingerprint density at radius 2 is 2.13 bits per heavy atom. The number of hydrogen-bond acceptors (Lipinski definition) is 3. The van der Waals surface area contributed by atoms with Gasteiger partial charge in [-0.2, -0.15) is 12.6 Å². The molecule has 0 saturated carbocycles. The van der Waals surface area contributed by atoms with Crippen LogP contribution in [0.1, 0.15) is 5.56 Å². The molecule has 0 aliphatic carbocycles. The molecule has 84 valence electrons. The predicted molar refractivity (Wildman–Crippen MR) is 56.7 cm³/mol. The lowest BCUT2D eigenvalue weighted by molar-refractivity contribution is -0.366. The number of quaternary nitrogens is 1. The van der Waals surface area contributed by atoms with E-state index in [1.165, 1.54) is 6.07 Å². The van der Waals surface area contributed by atoms with E-state index in [1.54, 1.807) is 12.1 Å². The van der Waals surface area contributed by atoms with Crippen LogP contribution in [0.5, 0.6) is 0 Å². The highest BCUT2D eigenvalue weighted by Gasteiger charge is 1.92. The molecule has 15 heavy (non-hydrogen) atoms. The third-order valence-corrected chi connectivity index (χ3v) is 1.74. The summed E-state index contributed by atoms with van der Waals surface area (Å²) >= 11 is 3.35. The number of thiol groups is 1. The number of benzene rings is 1. The average Bonchev–Trinajstić information content (AvgIpc) is 2.19. The van der Waals surface area contributed by atoms with Crippen LogP contribution in [0.3, 0.4) is 0 Å². The molecular formula is C10H14FNO2S. The molecule has 5 heteroatoms. The minimum atomic E-state index is -1.13. The first-order valence-corrected chi connectivity index (χ1v) is 5.07. The van der Waals surface area contributed by atoms with Crippen LogP contribution in [0.15, 0.2) is 24.3 Å². The van der Waals surface area contributed by atoms with Gasteiger partial charge in [0, 0.05) is 12.2 Å². The van der Waals surface area contributed by atoms with Crippen molar-refractivity contribution in [1.82, 2.24) is 0 Å². The standard InChI is InChI=1S/C8H10FN.C2H4O2S/c9-8-3-1-2-7(6-8)4-5-10;3-2(4)1-5/h1-3,6H,4-5,10H2;5H,1H2,(H,3,4). The third kappa shape index (κ3) is 7.96. The van der Waals surface area contributed by atoms with Crippen molar-refractivity contribution in [2.45, 2.75) is 6.42 Å². The SMILES string of the molecule is O=C([O-])CS.[NH3+]CCc1cccc(F)c1. The number of halogens is 1. The lowest BCUT2D eigenvalue weighted by Gasteiger charge is -1.94. The molecule has 0 saturated heterocycles. The second-order valence-electron chi connectivity index (χ2n) is 2.76. The zero-order valence-corrected chi connectivity index (χ0v) is 9.17. The first-order valence-electron chi connectivity index (χ1n) is 4.44. The summed E-state index contributed by atoms with van der Waals surface area (Å²) in [6.07, 6.45) is 0.859. The summed E-state index contributed by atoms with van der Waals surface area (Å²) in [7, 11) is 0. The summed E-state index contributed by atoms with van der Waals surface area (Å²) < 4.78 is 12.5. The summed E-state index contributed by atoms with van der Waals surface area (Å²) in [6.45, 7) is 0.823. The highest BCUT2D eigenvalue weighted by Crippen LogP contribution is 2.02. The molecule has 0 bridgehead atoms. The molecule has 3 nitrogen and oxygen atoms in total. The lowest BCUT2D eigenvalue weighted by atomic mass is 10.1.